The Balaban J connectivity index is 2.46. The first kappa shape index (κ1) is 14.6. The molecule has 0 saturated carbocycles. The molecule has 1 aromatic rings. The van der Waals surface area contributed by atoms with E-state index in [-0.39, 0.29) is 23.7 Å². The van der Waals surface area contributed by atoms with E-state index in [1.54, 1.807) is 6.07 Å². The molecule has 1 rings (SSSR count). The summed E-state index contributed by atoms with van der Waals surface area (Å²) in [5, 5.41) is 3.14. The minimum Gasteiger partial charge on any atom is -0.368 e. The lowest BCUT2D eigenvalue weighted by Crippen LogP contribution is -2.46. The number of benzene rings is 1. The molecule has 18 heavy (non-hydrogen) atoms. The molecular formula is C14H21FN2O. The molecule has 0 fully saturated rings. The molecule has 1 amide bonds. The van der Waals surface area contributed by atoms with Gasteiger partial charge in [0.2, 0.25) is 5.91 Å². The van der Waals surface area contributed by atoms with Crippen molar-refractivity contribution in [2.75, 3.05) is 6.54 Å². The second-order valence-electron chi connectivity index (χ2n) is 4.60. The maximum Gasteiger partial charge on any atom is 0.234 e. The van der Waals surface area contributed by atoms with E-state index in [1.165, 1.54) is 12.1 Å². The van der Waals surface area contributed by atoms with E-state index in [4.69, 9.17) is 5.73 Å². The van der Waals surface area contributed by atoms with Crippen LogP contribution in [0.5, 0.6) is 0 Å². The topological polar surface area (TPSA) is 55.1 Å². The lowest BCUT2D eigenvalue weighted by atomic mass is 9.98. The molecular weight excluding hydrogens is 231 g/mol. The van der Waals surface area contributed by atoms with Crippen LogP contribution >= 0.6 is 0 Å². The van der Waals surface area contributed by atoms with Crippen LogP contribution in [-0.4, -0.2) is 18.5 Å². The normalized spacial score (nSPS) is 14.2. The fourth-order valence-corrected chi connectivity index (χ4v) is 1.88. The second kappa shape index (κ2) is 7.11. The van der Waals surface area contributed by atoms with Gasteiger partial charge in [0.15, 0.2) is 0 Å². The predicted molar refractivity (Wildman–Crippen MR) is 70.5 cm³/mol. The van der Waals surface area contributed by atoms with Crippen LogP contribution in [0.1, 0.15) is 25.8 Å². The molecule has 0 saturated heterocycles. The van der Waals surface area contributed by atoms with Crippen LogP contribution in [0.25, 0.3) is 0 Å². The molecule has 4 heteroatoms. The summed E-state index contributed by atoms with van der Waals surface area (Å²) in [4.78, 5) is 11.3. The van der Waals surface area contributed by atoms with Crippen molar-refractivity contribution >= 4 is 5.91 Å². The van der Waals surface area contributed by atoms with Crippen molar-refractivity contribution in [3.05, 3.63) is 35.6 Å². The van der Waals surface area contributed by atoms with Crippen LogP contribution in [0.3, 0.4) is 0 Å². The third-order valence-corrected chi connectivity index (χ3v) is 3.19. The van der Waals surface area contributed by atoms with Crippen molar-refractivity contribution < 1.29 is 9.18 Å². The van der Waals surface area contributed by atoms with Gasteiger partial charge in [-0.2, -0.15) is 0 Å². The van der Waals surface area contributed by atoms with Gasteiger partial charge in [-0.25, -0.2) is 4.39 Å². The average molecular weight is 252 g/mol. The lowest BCUT2D eigenvalue weighted by molar-refractivity contribution is -0.121. The van der Waals surface area contributed by atoms with E-state index in [2.05, 4.69) is 5.32 Å². The Labute approximate surface area is 108 Å². The predicted octanol–water partition coefficient (Wildman–Crippen LogP) is 1.86. The number of carbonyl (C=O) groups is 1. The van der Waals surface area contributed by atoms with E-state index in [1.807, 2.05) is 19.9 Å². The van der Waals surface area contributed by atoms with Crippen LogP contribution in [-0.2, 0) is 11.2 Å². The fourth-order valence-electron chi connectivity index (χ4n) is 1.88. The number of hydrogen-bond acceptors (Lipinski definition) is 2. The fraction of sp³-hybridized carbons (Fsp3) is 0.500. The Morgan fingerprint density at radius 2 is 2.22 bits per heavy atom. The maximum absolute atomic E-state index is 13.0. The first-order valence-electron chi connectivity index (χ1n) is 6.31. The quantitative estimate of drug-likeness (QED) is 0.778. The largest absolute Gasteiger partial charge is 0.368 e. The van der Waals surface area contributed by atoms with Gasteiger partial charge in [-0.15, -0.1) is 0 Å². The standard InChI is InChI=1S/C14H21FN2O/c1-3-10(2)13(14(16)18)17-8-7-11-5-4-6-12(15)9-11/h4-6,9-10,13,17H,3,7-8H2,1-2H3,(H2,16,18)/t10?,13-/m0/s1. The van der Waals surface area contributed by atoms with E-state index in [9.17, 15) is 9.18 Å². The number of halogens is 1. The van der Waals surface area contributed by atoms with Crippen molar-refractivity contribution in [2.24, 2.45) is 11.7 Å². The molecule has 0 aliphatic carbocycles. The molecule has 0 radical (unpaired) electrons. The monoisotopic (exact) mass is 252 g/mol. The Kier molecular flexibility index (Phi) is 5.78. The molecule has 0 aromatic heterocycles. The Bertz CT molecular complexity index is 395. The Hall–Kier alpha value is -1.42. The first-order chi connectivity index (χ1) is 8.54. The van der Waals surface area contributed by atoms with Crippen molar-refractivity contribution in [3.63, 3.8) is 0 Å². The van der Waals surface area contributed by atoms with Crippen LogP contribution < -0.4 is 11.1 Å². The molecule has 3 nitrogen and oxygen atoms in total. The van der Waals surface area contributed by atoms with Crippen molar-refractivity contribution in [1.82, 2.24) is 5.32 Å². The van der Waals surface area contributed by atoms with Crippen molar-refractivity contribution in [3.8, 4) is 0 Å². The molecule has 0 aliphatic rings. The van der Waals surface area contributed by atoms with Gasteiger partial charge in [0.25, 0.3) is 0 Å². The number of amides is 1. The molecule has 1 unspecified atom stereocenters. The lowest BCUT2D eigenvalue weighted by Gasteiger charge is -2.21. The number of nitrogens with one attached hydrogen (secondary N) is 1. The summed E-state index contributed by atoms with van der Waals surface area (Å²) in [5.41, 5.74) is 6.27. The summed E-state index contributed by atoms with van der Waals surface area (Å²) in [6.45, 7) is 4.63. The molecule has 0 bridgehead atoms. The van der Waals surface area contributed by atoms with Gasteiger partial charge >= 0.3 is 0 Å². The van der Waals surface area contributed by atoms with Gasteiger partial charge in [-0.3, -0.25) is 4.79 Å². The molecule has 100 valence electrons. The van der Waals surface area contributed by atoms with Gasteiger partial charge in [-0.1, -0.05) is 32.4 Å². The third-order valence-electron chi connectivity index (χ3n) is 3.19. The summed E-state index contributed by atoms with van der Waals surface area (Å²) >= 11 is 0. The highest BCUT2D eigenvalue weighted by molar-refractivity contribution is 5.80. The third kappa shape index (κ3) is 4.45. The highest BCUT2D eigenvalue weighted by atomic mass is 19.1. The van der Waals surface area contributed by atoms with Gasteiger partial charge in [0.05, 0.1) is 6.04 Å². The van der Waals surface area contributed by atoms with Gasteiger partial charge in [-0.05, 0) is 36.6 Å². The van der Waals surface area contributed by atoms with E-state index in [0.29, 0.717) is 13.0 Å². The minimum atomic E-state index is -0.330. The molecule has 1 aromatic carbocycles. The molecule has 2 atom stereocenters. The molecule has 3 N–H and O–H groups in total. The zero-order valence-electron chi connectivity index (χ0n) is 10.9. The SMILES string of the molecule is CCC(C)[C@H](NCCc1cccc(F)c1)C(N)=O. The summed E-state index contributed by atoms with van der Waals surface area (Å²) in [5.74, 6) is -0.362. The van der Waals surface area contributed by atoms with Gasteiger partial charge < -0.3 is 11.1 Å². The number of hydrogen-bond donors (Lipinski definition) is 2. The zero-order valence-corrected chi connectivity index (χ0v) is 10.9. The van der Waals surface area contributed by atoms with Crippen molar-refractivity contribution in [1.29, 1.82) is 0 Å². The summed E-state index contributed by atoms with van der Waals surface area (Å²) in [6, 6.07) is 6.16. The highest BCUT2D eigenvalue weighted by Gasteiger charge is 2.20. The van der Waals surface area contributed by atoms with Gasteiger partial charge in [0, 0.05) is 0 Å². The van der Waals surface area contributed by atoms with Crippen molar-refractivity contribution in [2.45, 2.75) is 32.7 Å². The number of rotatable bonds is 7. The number of primary amides is 1. The Morgan fingerprint density at radius 3 is 2.78 bits per heavy atom. The van der Waals surface area contributed by atoms with Crippen LogP contribution in [0, 0.1) is 11.7 Å². The smallest absolute Gasteiger partial charge is 0.234 e. The van der Waals surface area contributed by atoms with Gasteiger partial charge in [0.1, 0.15) is 5.82 Å². The molecule has 0 heterocycles. The maximum atomic E-state index is 13.0. The number of carbonyl (C=O) groups excluding carboxylic acids is 1. The molecule has 0 spiro atoms. The van der Waals surface area contributed by atoms with Crippen LogP contribution in [0.2, 0.25) is 0 Å². The summed E-state index contributed by atoms with van der Waals surface area (Å²) < 4.78 is 13.0. The minimum absolute atomic E-state index is 0.204. The second-order valence-corrected chi connectivity index (χ2v) is 4.60. The molecule has 0 aliphatic heterocycles. The first-order valence-corrected chi connectivity index (χ1v) is 6.31. The summed E-state index contributed by atoms with van der Waals surface area (Å²) in [6.07, 6.45) is 1.57. The van der Waals surface area contributed by atoms with Crippen LogP contribution in [0.15, 0.2) is 24.3 Å². The van der Waals surface area contributed by atoms with Crippen LogP contribution in [0.4, 0.5) is 4.39 Å². The van der Waals surface area contributed by atoms with E-state index < -0.39 is 0 Å². The highest BCUT2D eigenvalue weighted by Crippen LogP contribution is 2.08. The van der Waals surface area contributed by atoms with E-state index in [0.717, 1.165) is 12.0 Å². The Morgan fingerprint density at radius 1 is 1.50 bits per heavy atom. The average Bonchev–Trinajstić information content (AvgIpc) is 2.33. The van der Waals surface area contributed by atoms with E-state index >= 15 is 0 Å². The zero-order chi connectivity index (χ0) is 13.5. The summed E-state index contributed by atoms with van der Waals surface area (Å²) in [7, 11) is 0. The number of nitrogens with two attached hydrogens (primary N) is 1.